The summed E-state index contributed by atoms with van der Waals surface area (Å²) in [5.74, 6) is -0.648. The van der Waals surface area contributed by atoms with Gasteiger partial charge in [-0.05, 0) is 36.7 Å². The second-order valence-electron chi connectivity index (χ2n) is 6.85. The quantitative estimate of drug-likeness (QED) is 0.636. The summed E-state index contributed by atoms with van der Waals surface area (Å²) in [7, 11) is 0. The van der Waals surface area contributed by atoms with E-state index in [4.69, 9.17) is 0 Å². The first-order chi connectivity index (χ1) is 13.3. The highest BCUT2D eigenvalue weighted by Crippen LogP contribution is 2.39. The number of halogens is 3. The molecular weight excluding hydrogens is 369 g/mol. The lowest BCUT2D eigenvalue weighted by atomic mass is 9.83. The average Bonchev–Trinajstić information content (AvgIpc) is 3.25. The van der Waals surface area contributed by atoms with Crippen LogP contribution >= 0.6 is 0 Å². The molecule has 1 unspecified atom stereocenters. The predicted octanol–water partition coefficient (Wildman–Crippen LogP) is 3.87. The Labute approximate surface area is 159 Å². The number of hydrogen-bond donors (Lipinski definition) is 3. The van der Waals surface area contributed by atoms with E-state index in [1.807, 2.05) is 24.3 Å². The van der Waals surface area contributed by atoms with Crippen LogP contribution in [0.5, 0.6) is 0 Å². The van der Waals surface area contributed by atoms with Gasteiger partial charge in [0, 0.05) is 12.8 Å². The second-order valence-corrected chi connectivity index (χ2v) is 6.85. The molecule has 0 bridgehead atoms. The summed E-state index contributed by atoms with van der Waals surface area (Å²) >= 11 is 0. The smallest absolute Gasteiger partial charge is 0.331 e. The van der Waals surface area contributed by atoms with E-state index in [9.17, 15) is 18.0 Å². The number of alkyl halides is 3. The van der Waals surface area contributed by atoms with Crippen LogP contribution < -0.4 is 10.6 Å². The van der Waals surface area contributed by atoms with Crippen LogP contribution in [0, 0.1) is 6.92 Å². The van der Waals surface area contributed by atoms with Crippen LogP contribution in [-0.2, 0) is 11.0 Å². The Morgan fingerprint density at radius 1 is 1.21 bits per heavy atom. The highest BCUT2D eigenvalue weighted by atomic mass is 19.4. The third kappa shape index (κ3) is 3.13. The number of aromatic nitrogens is 2. The first kappa shape index (κ1) is 18.5. The lowest BCUT2D eigenvalue weighted by Gasteiger charge is -2.34. The fraction of sp³-hybridized carbons (Fsp3) is 0.250. The van der Waals surface area contributed by atoms with E-state index >= 15 is 0 Å². The van der Waals surface area contributed by atoms with Gasteiger partial charge >= 0.3 is 6.18 Å². The van der Waals surface area contributed by atoms with Crippen LogP contribution in [0.1, 0.15) is 23.5 Å². The Hall–Kier alpha value is -2.87. The number of Topliss-reactive ketones (excluding diaryl/α,β-unsaturated/α-hetero) is 1. The minimum Gasteiger partial charge on any atom is -0.331 e. The summed E-state index contributed by atoms with van der Waals surface area (Å²) in [6.45, 7) is 4.02. The Balaban J connectivity index is 1.74. The Morgan fingerprint density at radius 3 is 2.71 bits per heavy atom. The molecule has 8 heteroatoms. The van der Waals surface area contributed by atoms with Crippen molar-refractivity contribution in [3.63, 3.8) is 0 Å². The molecule has 1 fully saturated rings. The highest BCUT2D eigenvalue weighted by Gasteiger charge is 2.48. The SMILES string of the molecule is [CH2]C(=O)[C@@]1(Nc2nc3ccccc3[nH]2)NCCC1c1cccc(C(F)(F)F)c1. The van der Waals surface area contributed by atoms with Crippen molar-refractivity contribution in [2.45, 2.75) is 24.2 Å². The molecule has 145 valence electrons. The van der Waals surface area contributed by atoms with Gasteiger partial charge in [0.1, 0.15) is 0 Å². The summed E-state index contributed by atoms with van der Waals surface area (Å²) in [5.41, 5.74) is -0.181. The molecule has 1 aliphatic heterocycles. The van der Waals surface area contributed by atoms with E-state index in [-0.39, 0.29) is 0 Å². The Bertz CT molecular complexity index is 996. The molecule has 3 aromatic rings. The number of rotatable bonds is 4. The number of H-pyrrole nitrogens is 1. The lowest BCUT2D eigenvalue weighted by Crippen LogP contribution is -2.57. The molecule has 0 spiro atoms. The maximum Gasteiger partial charge on any atom is 0.416 e. The van der Waals surface area contributed by atoms with Crippen molar-refractivity contribution in [2.75, 3.05) is 11.9 Å². The predicted molar refractivity (Wildman–Crippen MR) is 99.6 cm³/mol. The summed E-state index contributed by atoms with van der Waals surface area (Å²) in [5, 5.41) is 6.18. The number of nitrogens with zero attached hydrogens (tertiary/aromatic N) is 1. The number of carbonyl (C=O) groups excluding carboxylic acids is 1. The number of anilines is 1. The number of aromatic amines is 1. The van der Waals surface area contributed by atoms with Crippen LogP contribution in [0.4, 0.5) is 19.1 Å². The molecule has 0 amide bonds. The summed E-state index contributed by atoms with van der Waals surface area (Å²) in [4.78, 5) is 20.1. The summed E-state index contributed by atoms with van der Waals surface area (Å²) < 4.78 is 39.4. The molecule has 2 heterocycles. The fourth-order valence-electron chi connectivity index (χ4n) is 3.79. The van der Waals surface area contributed by atoms with Crippen LogP contribution in [0.3, 0.4) is 0 Å². The molecule has 0 saturated carbocycles. The van der Waals surface area contributed by atoms with Crippen molar-refractivity contribution < 1.29 is 18.0 Å². The van der Waals surface area contributed by atoms with E-state index in [0.717, 1.165) is 17.6 Å². The standard InChI is InChI=1S/C20H18F3N4O/c1-12(28)19(27-18-25-16-7-2-3-8-17(16)26-18)15(9-10-24-19)13-5-4-6-14(11-13)20(21,22)23/h2-8,11,15,24H,1,9-10H2,(H2,25,26,27)/t15?,19-/m0/s1. The average molecular weight is 387 g/mol. The molecule has 2 atom stereocenters. The van der Waals surface area contributed by atoms with Crippen molar-refractivity contribution in [1.29, 1.82) is 0 Å². The zero-order chi connectivity index (χ0) is 19.9. The normalized spacial score (nSPS) is 22.5. The number of ketones is 1. The van der Waals surface area contributed by atoms with E-state index in [2.05, 4.69) is 27.5 Å². The van der Waals surface area contributed by atoms with Crippen molar-refractivity contribution in [3.8, 4) is 0 Å². The number of para-hydroxylation sites is 2. The largest absolute Gasteiger partial charge is 0.416 e. The van der Waals surface area contributed by atoms with E-state index in [1.54, 1.807) is 6.07 Å². The molecule has 1 saturated heterocycles. The van der Waals surface area contributed by atoms with Crippen molar-refractivity contribution >= 4 is 22.8 Å². The molecule has 5 nitrogen and oxygen atoms in total. The molecule has 0 aliphatic carbocycles. The van der Waals surface area contributed by atoms with Gasteiger partial charge in [0.25, 0.3) is 0 Å². The maximum absolute atomic E-state index is 13.1. The third-order valence-electron chi connectivity index (χ3n) is 5.12. The third-order valence-corrected chi connectivity index (χ3v) is 5.12. The van der Waals surface area contributed by atoms with Gasteiger partial charge in [-0.2, -0.15) is 13.2 Å². The Morgan fingerprint density at radius 2 is 2.00 bits per heavy atom. The molecule has 1 aromatic heterocycles. The fourth-order valence-corrected chi connectivity index (χ4v) is 3.79. The van der Waals surface area contributed by atoms with E-state index in [1.165, 1.54) is 6.07 Å². The van der Waals surface area contributed by atoms with Crippen molar-refractivity contribution in [3.05, 3.63) is 66.6 Å². The number of fused-ring (bicyclic) bond motifs is 1. The first-order valence-electron chi connectivity index (χ1n) is 8.81. The number of carbonyl (C=O) groups is 1. The van der Waals surface area contributed by atoms with Crippen LogP contribution in [-0.4, -0.2) is 28.0 Å². The number of nitrogens with one attached hydrogen (secondary N) is 3. The van der Waals surface area contributed by atoms with E-state index < -0.39 is 29.1 Å². The van der Waals surface area contributed by atoms with Crippen LogP contribution in [0.25, 0.3) is 11.0 Å². The monoisotopic (exact) mass is 387 g/mol. The van der Waals surface area contributed by atoms with Gasteiger partial charge in [0.15, 0.2) is 11.4 Å². The number of imidazole rings is 1. The molecule has 28 heavy (non-hydrogen) atoms. The highest BCUT2D eigenvalue weighted by molar-refractivity contribution is 5.95. The minimum atomic E-state index is -4.45. The van der Waals surface area contributed by atoms with Crippen LogP contribution in [0.15, 0.2) is 48.5 Å². The van der Waals surface area contributed by atoms with Gasteiger partial charge in [-0.3, -0.25) is 10.1 Å². The van der Waals surface area contributed by atoms with Gasteiger partial charge in [0.2, 0.25) is 5.95 Å². The first-order valence-corrected chi connectivity index (χ1v) is 8.81. The number of hydrogen-bond acceptors (Lipinski definition) is 4. The molecular formula is C20H18F3N4O. The zero-order valence-corrected chi connectivity index (χ0v) is 14.8. The minimum absolute atomic E-state index is 0.351. The molecule has 3 N–H and O–H groups in total. The van der Waals surface area contributed by atoms with Gasteiger partial charge in [0.05, 0.1) is 16.6 Å². The number of benzene rings is 2. The van der Waals surface area contributed by atoms with Crippen molar-refractivity contribution in [1.82, 2.24) is 15.3 Å². The molecule has 2 aromatic carbocycles. The van der Waals surface area contributed by atoms with Gasteiger partial charge in [-0.15, -0.1) is 0 Å². The zero-order valence-electron chi connectivity index (χ0n) is 14.8. The maximum atomic E-state index is 13.1. The topological polar surface area (TPSA) is 69.8 Å². The summed E-state index contributed by atoms with van der Waals surface area (Å²) in [6, 6.07) is 12.4. The van der Waals surface area contributed by atoms with Gasteiger partial charge in [-0.25, -0.2) is 4.98 Å². The van der Waals surface area contributed by atoms with Crippen molar-refractivity contribution in [2.24, 2.45) is 0 Å². The van der Waals surface area contributed by atoms with Gasteiger partial charge in [-0.1, -0.05) is 30.3 Å². The second kappa shape index (κ2) is 6.63. The molecule has 4 rings (SSSR count). The summed E-state index contributed by atoms with van der Waals surface area (Å²) in [6.07, 6.45) is -3.97. The van der Waals surface area contributed by atoms with E-state index in [0.29, 0.717) is 30.0 Å². The van der Waals surface area contributed by atoms with Gasteiger partial charge < -0.3 is 10.3 Å². The molecule has 1 radical (unpaired) electrons. The lowest BCUT2D eigenvalue weighted by molar-refractivity contribution is -0.137. The van der Waals surface area contributed by atoms with Crippen LogP contribution in [0.2, 0.25) is 0 Å². The Kier molecular flexibility index (Phi) is 4.38. The molecule has 1 aliphatic rings.